The minimum Gasteiger partial charge on any atom is -0.382 e. The summed E-state index contributed by atoms with van der Waals surface area (Å²) in [6.45, 7) is 5.94. The summed E-state index contributed by atoms with van der Waals surface area (Å²) in [5, 5.41) is 7.12. The molecule has 0 heterocycles. The molecule has 0 radical (unpaired) electrons. The van der Waals surface area contributed by atoms with E-state index in [0.717, 1.165) is 32.1 Å². The van der Waals surface area contributed by atoms with Gasteiger partial charge >= 0.3 is 0 Å². The molecule has 1 aromatic rings. The number of thioether (sulfide) groups is 1. The predicted octanol–water partition coefficient (Wildman–Crippen LogP) is 2.39. The Morgan fingerprint density at radius 3 is 2.65 bits per heavy atom. The average molecular weight is 340 g/mol. The van der Waals surface area contributed by atoms with E-state index in [1.165, 1.54) is 4.90 Å². The lowest BCUT2D eigenvalue weighted by atomic mass is 10.4. The molecule has 0 fully saturated rings. The van der Waals surface area contributed by atoms with Gasteiger partial charge in [0.15, 0.2) is 5.96 Å². The second-order valence-electron chi connectivity index (χ2n) is 5.08. The van der Waals surface area contributed by atoms with Crippen LogP contribution in [0.3, 0.4) is 0 Å². The van der Waals surface area contributed by atoms with Crippen molar-refractivity contribution in [2.75, 3.05) is 47.1 Å². The zero-order chi connectivity index (χ0) is 16.8. The summed E-state index contributed by atoms with van der Waals surface area (Å²) >= 11 is 1.86. The van der Waals surface area contributed by atoms with Crippen LogP contribution in [0.25, 0.3) is 0 Å². The minimum atomic E-state index is 0.466. The molecule has 0 spiro atoms. The van der Waals surface area contributed by atoms with E-state index in [1.54, 1.807) is 14.2 Å². The number of rotatable bonds is 11. The summed E-state index contributed by atoms with van der Waals surface area (Å²) in [7, 11) is 3.47. The van der Waals surface area contributed by atoms with E-state index < -0.39 is 0 Å². The number of benzene rings is 1. The number of nitrogens with one attached hydrogen (secondary N) is 2. The molecule has 1 rings (SSSR count). The fraction of sp³-hybridized carbons (Fsp3) is 0.588. The van der Waals surface area contributed by atoms with Crippen LogP contribution >= 0.6 is 11.8 Å². The van der Waals surface area contributed by atoms with Gasteiger partial charge in [0.05, 0.1) is 13.2 Å². The number of ether oxygens (including phenoxy) is 2. The van der Waals surface area contributed by atoms with Gasteiger partial charge in [0.25, 0.3) is 0 Å². The summed E-state index contributed by atoms with van der Waals surface area (Å²) in [6, 6.07) is 10.4. The fourth-order valence-corrected chi connectivity index (χ4v) is 2.80. The molecule has 0 bridgehead atoms. The molecule has 23 heavy (non-hydrogen) atoms. The third kappa shape index (κ3) is 10.2. The summed E-state index contributed by atoms with van der Waals surface area (Å²) in [5.74, 6) is 0.836. The van der Waals surface area contributed by atoms with Gasteiger partial charge in [0.1, 0.15) is 0 Å². The summed E-state index contributed by atoms with van der Waals surface area (Å²) in [6.07, 6.45) is 0.943. The maximum atomic E-state index is 5.43. The lowest BCUT2D eigenvalue weighted by Gasteiger charge is -2.16. The van der Waals surface area contributed by atoms with Crippen molar-refractivity contribution in [2.24, 2.45) is 4.99 Å². The first-order valence-electron chi connectivity index (χ1n) is 7.99. The van der Waals surface area contributed by atoms with E-state index in [9.17, 15) is 0 Å². The smallest absolute Gasteiger partial charge is 0.191 e. The van der Waals surface area contributed by atoms with Gasteiger partial charge in [-0.2, -0.15) is 0 Å². The van der Waals surface area contributed by atoms with Gasteiger partial charge < -0.3 is 20.1 Å². The largest absolute Gasteiger partial charge is 0.382 e. The number of aliphatic imine (C=N–C) groups is 1. The van der Waals surface area contributed by atoms with E-state index in [1.807, 2.05) is 17.8 Å². The second kappa shape index (κ2) is 13.2. The first-order valence-corrected chi connectivity index (χ1v) is 8.87. The highest BCUT2D eigenvalue weighted by Crippen LogP contribution is 2.21. The first kappa shape index (κ1) is 19.8. The van der Waals surface area contributed by atoms with Crippen LogP contribution in [-0.2, 0) is 9.47 Å². The van der Waals surface area contributed by atoms with Crippen LogP contribution in [0.15, 0.2) is 40.2 Å². The molecule has 0 saturated heterocycles. The van der Waals surface area contributed by atoms with Crippen molar-refractivity contribution in [3.8, 4) is 0 Å². The molecule has 0 aliphatic carbocycles. The standard InChI is InChI=1S/C17H29N3O2S/c1-15(23-16-8-5-4-6-9-16)14-20-17(18-2)19-10-7-11-22-13-12-21-3/h4-6,8-9,15H,7,10-14H2,1-3H3,(H2,18,19,20). The minimum absolute atomic E-state index is 0.466. The van der Waals surface area contributed by atoms with Crippen molar-refractivity contribution in [3.63, 3.8) is 0 Å². The third-order valence-corrected chi connectivity index (χ3v) is 4.16. The molecule has 0 aromatic heterocycles. The molecule has 0 aliphatic rings. The van der Waals surface area contributed by atoms with Crippen molar-refractivity contribution in [2.45, 2.75) is 23.5 Å². The molecular weight excluding hydrogens is 310 g/mol. The molecule has 0 saturated carbocycles. The Kier molecular flexibility index (Phi) is 11.4. The summed E-state index contributed by atoms with van der Waals surface area (Å²) in [4.78, 5) is 5.53. The molecule has 1 atom stereocenters. The number of hydrogen-bond acceptors (Lipinski definition) is 4. The van der Waals surface area contributed by atoms with Crippen LogP contribution < -0.4 is 10.6 Å². The summed E-state index contributed by atoms with van der Waals surface area (Å²) < 4.78 is 10.4. The maximum absolute atomic E-state index is 5.43. The van der Waals surface area contributed by atoms with Gasteiger partial charge in [-0.1, -0.05) is 25.1 Å². The molecule has 130 valence electrons. The van der Waals surface area contributed by atoms with Gasteiger partial charge in [0.2, 0.25) is 0 Å². The van der Waals surface area contributed by atoms with Crippen LogP contribution in [0.2, 0.25) is 0 Å². The van der Waals surface area contributed by atoms with Crippen LogP contribution in [0.4, 0.5) is 0 Å². The van der Waals surface area contributed by atoms with E-state index >= 15 is 0 Å². The van der Waals surface area contributed by atoms with Gasteiger partial charge in [0, 0.05) is 44.0 Å². The van der Waals surface area contributed by atoms with Crippen LogP contribution in [0.5, 0.6) is 0 Å². The summed E-state index contributed by atoms with van der Waals surface area (Å²) in [5.41, 5.74) is 0. The highest BCUT2D eigenvalue weighted by molar-refractivity contribution is 8.00. The van der Waals surface area contributed by atoms with E-state index in [-0.39, 0.29) is 0 Å². The lowest BCUT2D eigenvalue weighted by molar-refractivity contribution is 0.0698. The van der Waals surface area contributed by atoms with Gasteiger partial charge in [-0.25, -0.2) is 0 Å². The number of hydrogen-bond donors (Lipinski definition) is 2. The number of methoxy groups -OCH3 is 1. The first-order chi connectivity index (χ1) is 11.3. The molecule has 2 N–H and O–H groups in total. The Morgan fingerprint density at radius 2 is 1.96 bits per heavy atom. The Balaban J connectivity index is 2.11. The lowest BCUT2D eigenvalue weighted by Crippen LogP contribution is -2.40. The highest BCUT2D eigenvalue weighted by atomic mass is 32.2. The van der Waals surface area contributed by atoms with Crippen molar-refractivity contribution in [1.29, 1.82) is 0 Å². The Labute approximate surface area is 144 Å². The van der Waals surface area contributed by atoms with Crippen LogP contribution in [0.1, 0.15) is 13.3 Å². The SMILES string of the molecule is CN=C(NCCCOCCOC)NCC(C)Sc1ccccc1. The van der Waals surface area contributed by atoms with Gasteiger partial charge in [-0.15, -0.1) is 11.8 Å². The number of guanidine groups is 1. The highest BCUT2D eigenvalue weighted by Gasteiger charge is 2.05. The molecular formula is C17H29N3O2S. The molecule has 5 nitrogen and oxygen atoms in total. The van der Waals surface area contributed by atoms with E-state index in [2.05, 4.69) is 46.8 Å². The Bertz CT molecular complexity index is 429. The predicted molar refractivity (Wildman–Crippen MR) is 98.4 cm³/mol. The average Bonchev–Trinajstić information content (AvgIpc) is 2.57. The zero-order valence-corrected chi connectivity index (χ0v) is 15.2. The monoisotopic (exact) mass is 339 g/mol. The Morgan fingerprint density at radius 1 is 1.17 bits per heavy atom. The molecule has 1 aromatic carbocycles. The van der Waals surface area contributed by atoms with Crippen molar-refractivity contribution in [3.05, 3.63) is 30.3 Å². The molecule has 0 amide bonds. The molecule has 0 aliphatic heterocycles. The molecule has 1 unspecified atom stereocenters. The maximum Gasteiger partial charge on any atom is 0.191 e. The van der Waals surface area contributed by atoms with Gasteiger partial charge in [-0.3, -0.25) is 4.99 Å². The normalized spacial score (nSPS) is 12.9. The quantitative estimate of drug-likeness (QED) is 0.281. The van der Waals surface area contributed by atoms with Crippen LogP contribution in [0, 0.1) is 0 Å². The van der Waals surface area contributed by atoms with E-state index in [0.29, 0.717) is 18.5 Å². The Hall–Kier alpha value is -1.24. The van der Waals surface area contributed by atoms with Gasteiger partial charge in [-0.05, 0) is 18.6 Å². The topological polar surface area (TPSA) is 54.9 Å². The van der Waals surface area contributed by atoms with Crippen molar-refractivity contribution >= 4 is 17.7 Å². The number of nitrogens with zero attached hydrogens (tertiary/aromatic N) is 1. The van der Waals surface area contributed by atoms with Crippen LogP contribution in [-0.4, -0.2) is 58.3 Å². The molecule has 6 heteroatoms. The third-order valence-electron chi connectivity index (χ3n) is 3.05. The van der Waals surface area contributed by atoms with Crippen molar-refractivity contribution in [1.82, 2.24) is 10.6 Å². The second-order valence-corrected chi connectivity index (χ2v) is 6.59. The van der Waals surface area contributed by atoms with E-state index in [4.69, 9.17) is 9.47 Å². The zero-order valence-electron chi connectivity index (χ0n) is 14.4. The van der Waals surface area contributed by atoms with Crippen molar-refractivity contribution < 1.29 is 9.47 Å². The fourth-order valence-electron chi connectivity index (χ4n) is 1.86.